The van der Waals surface area contributed by atoms with Gasteiger partial charge in [0.15, 0.2) is 0 Å². The second-order valence-electron chi connectivity index (χ2n) is 3.19. The highest BCUT2D eigenvalue weighted by Crippen LogP contribution is 2.10. The Hall–Kier alpha value is -0.530. The highest BCUT2D eigenvalue weighted by molar-refractivity contribution is 5.76. The van der Waals surface area contributed by atoms with Crippen molar-refractivity contribution in [2.75, 3.05) is 13.1 Å². The molecule has 1 aliphatic heterocycles. The average molecular weight is 155 g/mol. The minimum absolute atomic E-state index is 0.365. The third kappa shape index (κ3) is 2.52. The van der Waals surface area contributed by atoms with Crippen LogP contribution in [-0.2, 0) is 4.79 Å². The first-order chi connectivity index (χ1) is 5.34. The van der Waals surface area contributed by atoms with Crippen LogP contribution in [0.4, 0.5) is 0 Å². The van der Waals surface area contributed by atoms with Gasteiger partial charge in [-0.2, -0.15) is 0 Å². The normalized spacial score (nSPS) is 20.1. The lowest BCUT2D eigenvalue weighted by molar-refractivity contribution is -0.130. The minimum Gasteiger partial charge on any atom is -0.343 e. The van der Waals surface area contributed by atoms with Gasteiger partial charge < -0.3 is 4.90 Å². The predicted molar refractivity (Wildman–Crippen MR) is 45.3 cm³/mol. The molecule has 1 aliphatic rings. The molecular formula is C9H17NO. The van der Waals surface area contributed by atoms with Crippen LogP contribution in [-0.4, -0.2) is 23.9 Å². The predicted octanol–water partition coefficient (Wildman–Crippen LogP) is 1.80. The van der Waals surface area contributed by atoms with E-state index in [1.54, 1.807) is 0 Å². The van der Waals surface area contributed by atoms with Gasteiger partial charge in [-0.3, -0.25) is 4.79 Å². The van der Waals surface area contributed by atoms with Crippen LogP contribution in [0.1, 0.15) is 39.0 Å². The Balaban J connectivity index is 2.39. The average Bonchev–Trinajstić information content (AvgIpc) is 2.18. The molecule has 2 heteroatoms. The Labute approximate surface area is 68.6 Å². The van der Waals surface area contributed by atoms with Crippen LogP contribution < -0.4 is 0 Å². The highest BCUT2D eigenvalue weighted by Gasteiger charge is 2.14. The summed E-state index contributed by atoms with van der Waals surface area (Å²) in [4.78, 5) is 13.3. The molecule has 0 unspecified atom stereocenters. The first-order valence-electron chi connectivity index (χ1n) is 4.62. The maximum absolute atomic E-state index is 11.3. The lowest BCUT2D eigenvalue weighted by atomic mass is 10.2. The van der Waals surface area contributed by atoms with Gasteiger partial charge in [-0.15, -0.1) is 0 Å². The third-order valence-electron chi connectivity index (χ3n) is 2.16. The standard InChI is InChI=1S/C9H17NO/c1-2-7-10-8-5-3-4-6-9(10)11/h2-8H2,1H3. The van der Waals surface area contributed by atoms with Crippen molar-refractivity contribution in [3.63, 3.8) is 0 Å². The molecule has 0 radical (unpaired) electrons. The van der Waals surface area contributed by atoms with Crippen LogP contribution in [0.25, 0.3) is 0 Å². The monoisotopic (exact) mass is 155 g/mol. The Morgan fingerprint density at radius 2 is 2.18 bits per heavy atom. The summed E-state index contributed by atoms with van der Waals surface area (Å²) in [6.45, 7) is 4.07. The molecule has 1 rings (SSSR count). The molecule has 0 bridgehead atoms. The van der Waals surface area contributed by atoms with Crippen LogP contribution in [0.3, 0.4) is 0 Å². The first kappa shape index (κ1) is 8.57. The molecule has 1 saturated heterocycles. The summed E-state index contributed by atoms with van der Waals surface area (Å²) in [6, 6.07) is 0. The van der Waals surface area contributed by atoms with Gasteiger partial charge in [0.05, 0.1) is 0 Å². The quantitative estimate of drug-likeness (QED) is 0.595. The summed E-state index contributed by atoms with van der Waals surface area (Å²) in [5, 5.41) is 0. The molecule has 2 nitrogen and oxygen atoms in total. The molecule has 1 fully saturated rings. The van der Waals surface area contributed by atoms with Gasteiger partial charge in [0.2, 0.25) is 5.91 Å². The van der Waals surface area contributed by atoms with E-state index in [9.17, 15) is 4.79 Å². The van der Waals surface area contributed by atoms with E-state index in [1.165, 1.54) is 12.8 Å². The van der Waals surface area contributed by atoms with Gasteiger partial charge in [-0.25, -0.2) is 0 Å². The fourth-order valence-corrected chi connectivity index (χ4v) is 1.54. The summed E-state index contributed by atoms with van der Waals surface area (Å²) >= 11 is 0. The fourth-order valence-electron chi connectivity index (χ4n) is 1.54. The Kier molecular flexibility index (Phi) is 3.40. The number of likely N-dealkylation sites (tertiary alicyclic amines) is 1. The van der Waals surface area contributed by atoms with Gasteiger partial charge in [-0.05, 0) is 19.3 Å². The lowest BCUT2D eigenvalue weighted by Gasteiger charge is -2.18. The van der Waals surface area contributed by atoms with E-state index in [2.05, 4.69) is 6.92 Å². The van der Waals surface area contributed by atoms with Crippen LogP contribution in [0.15, 0.2) is 0 Å². The van der Waals surface area contributed by atoms with Gasteiger partial charge in [0, 0.05) is 19.5 Å². The van der Waals surface area contributed by atoms with E-state index in [4.69, 9.17) is 0 Å². The smallest absolute Gasteiger partial charge is 0.222 e. The van der Waals surface area contributed by atoms with Crippen molar-refractivity contribution in [1.82, 2.24) is 4.90 Å². The molecule has 0 N–H and O–H groups in total. The van der Waals surface area contributed by atoms with Crippen LogP contribution in [0.2, 0.25) is 0 Å². The molecule has 0 aromatic rings. The molecule has 1 amide bonds. The number of hydrogen-bond acceptors (Lipinski definition) is 1. The van der Waals surface area contributed by atoms with Crippen molar-refractivity contribution in [2.45, 2.75) is 39.0 Å². The van der Waals surface area contributed by atoms with Crippen LogP contribution in [0, 0.1) is 0 Å². The largest absolute Gasteiger partial charge is 0.343 e. The summed E-state index contributed by atoms with van der Waals surface area (Å²) in [6.07, 6.45) is 5.39. The number of nitrogens with zero attached hydrogens (tertiary/aromatic N) is 1. The Morgan fingerprint density at radius 1 is 1.36 bits per heavy atom. The first-order valence-corrected chi connectivity index (χ1v) is 4.62. The zero-order chi connectivity index (χ0) is 8.10. The number of carbonyl (C=O) groups is 1. The zero-order valence-corrected chi connectivity index (χ0v) is 7.31. The zero-order valence-electron chi connectivity index (χ0n) is 7.31. The molecule has 1 heterocycles. The second-order valence-corrected chi connectivity index (χ2v) is 3.19. The molecule has 0 spiro atoms. The SMILES string of the molecule is CCCN1CCCCCC1=O. The number of rotatable bonds is 2. The summed E-state index contributed by atoms with van der Waals surface area (Å²) in [7, 11) is 0. The maximum atomic E-state index is 11.3. The van der Waals surface area contributed by atoms with Crippen molar-refractivity contribution in [2.24, 2.45) is 0 Å². The third-order valence-corrected chi connectivity index (χ3v) is 2.16. The molecule has 0 saturated carbocycles. The van der Waals surface area contributed by atoms with Crippen molar-refractivity contribution >= 4 is 5.91 Å². The van der Waals surface area contributed by atoms with E-state index in [-0.39, 0.29) is 0 Å². The topological polar surface area (TPSA) is 20.3 Å². The molecule has 0 atom stereocenters. The van der Waals surface area contributed by atoms with Gasteiger partial charge in [0.1, 0.15) is 0 Å². The van der Waals surface area contributed by atoms with Gasteiger partial charge in [0.25, 0.3) is 0 Å². The van der Waals surface area contributed by atoms with Crippen molar-refractivity contribution < 1.29 is 4.79 Å². The second kappa shape index (κ2) is 4.37. The fraction of sp³-hybridized carbons (Fsp3) is 0.889. The molecule has 64 valence electrons. The van der Waals surface area contributed by atoms with Crippen molar-refractivity contribution in [3.05, 3.63) is 0 Å². The molecular weight excluding hydrogens is 138 g/mol. The van der Waals surface area contributed by atoms with E-state index in [0.29, 0.717) is 5.91 Å². The van der Waals surface area contributed by atoms with E-state index < -0.39 is 0 Å². The highest BCUT2D eigenvalue weighted by atomic mass is 16.2. The molecule has 0 aliphatic carbocycles. The van der Waals surface area contributed by atoms with Gasteiger partial charge in [-0.1, -0.05) is 13.3 Å². The number of amides is 1. The number of hydrogen-bond donors (Lipinski definition) is 0. The van der Waals surface area contributed by atoms with E-state index in [0.717, 1.165) is 32.4 Å². The summed E-state index contributed by atoms with van der Waals surface area (Å²) in [5.41, 5.74) is 0. The van der Waals surface area contributed by atoms with E-state index in [1.807, 2.05) is 4.90 Å². The summed E-state index contributed by atoms with van der Waals surface area (Å²) in [5.74, 6) is 0.365. The lowest BCUT2D eigenvalue weighted by Crippen LogP contribution is -2.30. The molecule has 0 aromatic carbocycles. The van der Waals surface area contributed by atoms with Crippen LogP contribution >= 0.6 is 0 Å². The van der Waals surface area contributed by atoms with E-state index >= 15 is 0 Å². The Morgan fingerprint density at radius 3 is 2.91 bits per heavy atom. The van der Waals surface area contributed by atoms with Crippen LogP contribution in [0.5, 0.6) is 0 Å². The molecule has 0 aromatic heterocycles. The molecule has 11 heavy (non-hydrogen) atoms. The summed E-state index contributed by atoms with van der Waals surface area (Å²) < 4.78 is 0. The number of carbonyl (C=O) groups excluding carboxylic acids is 1. The van der Waals surface area contributed by atoms with Gasteiger partial charge >= 0.3 is 0 Å². The maximum Gasteiger partial charge on any atom is 0.222 e. The Bertz CT molecular complexity index is 134. The minimum atomic E-state index is 0.365. The van der Waals surface area contributed by atoms with Crippen molar-refractivity contribution in [1.29, 1.82) is 0 Å². The van der Waals surface area contributed by atoms with Crippen molar-refractivity contribution in [3.8, 4) is 0 Å².